The van der Waals surface area contributed by atoms with Gasteiger partial charge in [0, 0.05) is 19.3 Å². The zero-order valence-electron chi connectivity index (χ0n) is 53.6. The number of allylic oxidation sites excluding steroid dienone is 10. The quantitative estimate of drug-likeness (QED) is 0.0261. The van der Waals surface area contributed by atoms with Crippen molar-refractivity contribution in [3.8, 4) is 0 Å². The number of carbonyl (C=O) groups is 3. The monoisotopic (exact) mass is 1120 g/mol. The van der Waals surface area contributed by atoms with E-state index in [4.69, 9.17) is 14.2 Å². The molecule has 0 bridgehead atoms. The van der Waals surface area contributed by atoms with Crippen molar-refractivity contribution in [1.29, 1.82) is 0 Å². The Morgan fingerprint density at radius 2 is 0.463 bits per heavy atom. The van der Waals surface area contributed by atoms with Crippen LogP contribution in [-0.4, -0.2) is 37.2 Å². The highest BCUT2D eigenvalue weighted by Crippen LogP contribution is 2.18. The van der Waals surface area contributed by atoms with E-state index in [1.807, 2.05) is 0 Å². The number of ether oxygens (including phenoxy) is 3. The van der Waals surface area contributed by atoms with Gasteiger partial charge >= 0.3 is 17.9 Å². The molecule has 1 unspecified atom stereocenters. The molecule has 0 aliphatic rings. The molecule has 0 amide bonds. The first-order valence-electron chi connectivity index (χ1n) is 35.3. The molecule has 0 saturated heterocycles. The Hall–Kier alpha value is -2.89. The Balaban J connectivity index is 4.13. The standard InChI is InChI=1S/C74H134O6/c1-4-7-10-13-16-19-22-25-28-29-30-31-32-33-34-35-36-37-38-39-40-41-42-43-44-45-47-49-52-55-58-61-64-67-73(76)79-70-71(69-78-72(75)66-63-60-57-54-51-48-27-24-21-18-15-12-9-6-3)80-74(77)68-65-62-59-56-53-50-46-26-23-20-17-14-11-8-5-2/h15,18,22,24-25,27,29-30,32-33,71H,4-14,16-17,19-21,23,26,28,31,34-70H2,1-3H3/b18-15-,25-22-,27-24-,30-29-,33-32-. The Bertz CT molecular complexity index is 1430. The molecule has 0 aromatic heterocycles. The van der Waals surface area contributed by atoms with Crippen LogP contribution in [0, 0.1) is 0 Å². The highest BCUT2D eigenvalue weighted by atomic mass is 16.6. The van der Waals surface area contributed by atoms with Crippen LogP contribution in [0.1, 0.15) is 374 Å². The highest BCUT2D eigenvalue weighted by Gasteiger charge is 2.19. The maximum absolute atomic E-state index is 12.9. The SMILES string of the molecule is CCCC/C=C\C/C=C\CCCCCCCC(=O)OCC(COC(=O)CCCCCCCCCCCCCCCCCCCC/C=C\C/C=C\C/C=C\CCCCCCC)OC(=O)CCCCCCCCCCCCCCCCC. The summed E-state index contributed by atoms with van der Waals surface area (Å²) in [6.45, 7) is 6.63. The average Bonchev–Trinajstić information content (AvgIpc) is 3.46. The molecule has 466 valence electrons. The van der Waals surface area contributed by atoms with Crippen molar-refractivity contribution < 1.29 is 28.6 Å². The van der Waals surface area contributed by atoms with Crippen LogP contribution in [-0.2, 0) is 28.6 Å². The Morgan fingerprint density at radius 3 is 0.738 bits per heavy atom. The molecule has 0 spiro atoms. The van der Waals surface area contributed by atoms with Crippen LogP contribution in [0.4, 0.5) is 0 Å². The van der Waals surface area contributed by atoms with Gasteiger partial charge in [-0.3, -0.25) is 14.4 Å². The largest absolute Gasteiger partial charge is 0.462 e. The Morgan fingerprint density at radius 1 is 0.250 bits per heavy atom. The van der Waals surface area contributed by atoms with E-state index in [1.54, 1.807) is 0 Å². The van der Waals surface area contributed by atoms with Gasteiger partial charge in [0.15, 0.2) is 6.10 Å². The molecular formula is C74H134O6. The zero-order valence-corrected chi connectivity index (χ0v) is 53.6. The van der Waals surface area contributed by atoms with Gasteiger partial charge in [0.25, 0.3) is 0 Å². The molecule has 0 aliphatic carbocycles. The van der Waals surface area contributed by atoms with E-state index in [-0.39, 0.29) is 31.1 Å². The molecule has 0 aromatic carbocycles. The molecule has 0 aliphatic heterocycles. The topological polar surface area (TPSA) is 78.9 Å². The lowest BCUT2D eigenvalue weighted by molar-refractivity contribution is -0.167. The van der Waals surface area contributed by atoms with Crippen molar-refractivity contribution in [3.05, 3.63) is 60.8 Å². The summed E-state index contributed by atoms with van der Waals surface area (Å²) >= 11 is 0. The number of hydrogen-bond acceptors (Lipinski definition) is 6. The van der Waals surface area contributed by atoms with E-state index in [0.717, 1.165) is 89.9 Å². The van der Waals surface area contributed by atoms with E-state index in [9.17, 15) is 14.4 Å². The summed E-state index contributed by atoms with van der Waals surface area (Å²) in [5.41, 5.74) is 0. The minimum Gasteiger partial charge on any atom is -0.462 e. The van der Waals surface area contributed by atoms with Gasteiger partial charge in [-0.2, -0.15) is 0 Å². The lowest BCUT2D eigenvalue weighted by Crippen LogP contribution is -2.30. The molecular weight excluding hydrogens is 985 g/mol. The summed E-state index contributed by atoms with van der Waals surface area (Å²) < 4.78 is 17.0. The van der Waals surface area contributed by atoms with Gasteiger partial charge in [-0.25, -0.2) is 0 Å². The molecule has 0 fully saturated rings. The molecule has 0 rings (SSSR count). The summed E-state index contributed by atoms with van der Waals surface area (Å²) in [5, 5.41) is 0. The van der Waals surface area contributed by atoms with Gasteiger partial charge in [0.1, 0.15) is 13.2 Å². The lowest BCUT2D eigenvalue weighted by Gasteiger charge is -2.18. The Labute approximate surface area is 498 Å². The second-order valence-electron chi connectivity index (χ2n) is 23.8. The molecule has 0 radical (unpaired) electrons. The van der Waals surface area contributed by atoms with Gasteiger partial charge in [-0.1, -0.05) is 332 Å². The van der Waals surface area contributed by atoms with Gasteiger partial charge in [-0.15, -0.1) is 0 Å². The van der Waals surface area contributed by atoms with Crippen molar-refractivity contribution in [2.45, 2.75) is 380 Å². The van der Waals surface area contributed by atoms with E-state index < -0.39 is 6.10 Å². The van der Waals surface area contributed by atoms with Gasteiger partial charge in [0.2, 0.25) is 0 Å². The molecule has 6 heteroatoms. The third kappa shape index (κ3) is 65.9. The number of carbonyl (C=O) groups excluding carboxylic acids is 3. The first-order chi connectivity index (χ1) is 39.5. The van der Waals surface area contributed by atoms with Crippen molar-refractivity contribution in [3.63, 3.8) is 0 Å². The average molecular weight is 1120 g/mol. The minimum atomic E-state index is -0.777. The van der Waals surface area contributed by atoms with E-state index >= 15 is 0 Å². The minimum absolute atomic E-state index is 0.0736. The first kappa shape index (κ1) is 77.1. The predicted molar refractivity (Wildman–Crippen MR) is 348 cm³/mol. The molecule has 0 aromatic rings. The van der Waals surface area contributed by atoms with Crippen molar-refractivity contribution in [2.24, 2.45) is 0 Å². The van der Waals surface area contributed by atoms with Crippen LogP contribution >= 0.6 is 0 Å². The molecule has 6 nitrogen and oxygen atoms in total. The molecule has 0 saturated carbocycles. The summed E-state index contributed by atoms with van der Waals surface area (Å²) in [6.07, 6.45) is 88.3. The maximum Gasteiger partial charge on any atom is 0.306 e. The van der Waals surface area contributed by atoms with Crippen LogP contribution in [0.5, 0.6) is 0 Å². The van der Waals surface area contributed by atoms with Crippen LogP contribution < -0.4 is 0 Å². The van der Waals surface area contributed by atoms with Crippen molar-refractivity contribution in [1.82, 2.24) is 0 Å². The number of hydrogen-bond donors (Lipinski definition) is 0. The normalized spacial score (nSPS) is 12.4. The second-order valence-corrected chi connectivity index (χ2v) is 23.8. The van der Waals surface area contributed by atoms with Crippen molar-refractivity contribution >= 4 is 17.9 Å². The number of rotatable bonds is 65. The van der Waals surface area contributed by atoms with Gasteiger partial charge in [-0.05, 0) is 83.5 Å². The zero-order chi connectivity index (χ0) is 57.8. The van der Waals surface area contributed by atoms with Crippen LogP contribution in [0.3, 0.4) is 0 Å². The summed E-state index contributed by atoms with van der Waals surface area (Å²) in [6, 6.07) is 0. The van der Waals surface area contributed by atoms with Crippen LogP contribution in [0.15, 0.2) is 60.8 Å². The summed E-state index contributed by atoms with van der Waals surface area (Å²) in [7, 11) is 0. The predicted octanol–water partition coefficient (Wildman–Crippen LogP) is 24.3. The molecule has 0 heterocycles. The smallest absolute Gasteiger partial charge is 0.306 e. The van der Waals surface area contributed by atoms with Crippen molar-refractivity contribution in [2.75, 3.05) is 13.2 Å². The Kier molecular flexibility index (Phi) is 66.1. The summed E-state index contributed by atoms with van der Waals surface area (Å²) in [5.74, 6) is -0.865. The lowest BCUT2D eigenvalue weighted by atomic mass is 10.0. The van der Waals surface area contributed by atoms with Gasteiger partial charge < -0.3 is 14.2 Å². The maximum atomic E-state index is 12.9. The first-order valence-corrected chi connectivity index (χ1v) is 35.3. The third-order valence-corrected chi connectivity index (χ3v) is 15.7. The number of esters is 3. The highest BCUT2D eigenvalue weighted by molar-refractivity contribution is 5.71. The fourth-order valence-electron chi connectivity index (χ4n) is 10.4. The molecule has 80 heavy (non-hydrogen) atoms. The molecule has 0 N–H and O–H groups in total. The van der Waals surface area contributed by atoms with Gasteiger partial charge in [0.05, 0.1) is 0 Å². The third-order valence-electron chi connectivity index (χ3n) is 15.7. The van der Waals surface area contributed by atoms with E-state index in [0.29, 0.717) is 19.3 Å². The molecule has 1 atom stereocenters. The second kappa shape index (κ2) is 68.6. The number of unbranched alkanes of at least 4 members (excludes halogenated alkanes) is 44. The summed E-state index contributed by atoms with van der Waals surface area (Å²) in [4.78, 5) is 38.3. The van der Waals surface area contributed by atoms with Crippen LogP contribution in [0.2, 0.25) is 0 Å². The van der Waals surface area contributed by atoms with E-state index in [1.165, 1.54) is 244 Å². The fraction of sp³-hybridized carbons (Fsp3) is 0.824. The van der Waals surface area contributed by atoms with Crippen LogP contribution in [0.25, 0.3) is 0 Å². The fourth-order valence-corrected chi connectivity index (χ4v) is 10.4. The van der Waals surface area contributed by atoms with E-state index in [2.05, 4.69) is 81.5 Å².